The van der Waals surface area contributed by atoms with E-state index in [9.17, 15) is 0 Å². The number of hydrogen-bond acceptors (Lipinski definition) is 2. The lowest BCUT2D eigenvalue weighted by molar-refractivity contribution is 0.271. The Kier molecular flexibility index (Phi) is 2.85. The molecule has 76 valence electrons. The van der Waals surface area contributed by atoms with Crippen LogP contribution in [0.1, 0.15) is 29.0 Å². The van der Waals surface area contributed by atoms with Crippen LogP contribution in [0.4, 0.5) is 0 Å². The quantitative estimate of drug-likeness (QED) is 0.743. The van der Waals surface area contributed by atoms with Crippen LogP contribution < -0.4 is 5.32 Å². The summed E-state index contributed by atoms with van der Waals surface area (Å²) in [7, 11) is 0. The maximum absolute atomic E-state index is 8.97. The van der Waals surface area contributed by atoms with Crippen LogP contribution in [0.15, 0.2) is 18.2 Å². The summed E-state index contributed by atoms with van der Waals surface area (Å²) in [6.45, 7) is 4.37. The standard InChI is InChI=1S/C12H17NO/c1-9-2-3-12-10(4-5-14)7-13-8-11(12)6-9/h2-3,6,10,13-14H,4-5,7-8H2,1H3. The topological polar surface area (TPSA) is 32.3 Å². The van der Waals surface area contributed by atoms with E-state index in [1.54, 1.807) is 0 Å². The van der Waals surface area contributed by atoms with Crippen molar-refractivity contribution in [2.45, 2.75) is 25.8 Å². The molecule has 0 saturated carbocycles. The third-order valence-corrected chi connectivity index (χ3v) is 2.92. The first kappa shape index (κ1) is 9.69. The van der Waals surface area contributed by atoms with E-state index < -0.39 is 0 Å². The van der Waals surface area contributed by atoms with Crippen LogP contribution >= 0.6 is 0 Å². The van der Waals surface area contributed by atoms with Gasteiger partial charge in [-0.25, -0.2) is 0 Å². The smallest absolute Gasteiger partial charge is 0.0437 e. The first-order valence-electron chi connectivity index (χ1n) is 5.22. The van der Waals surface area contributed by atoms with Crippen molar-refractivity contribution >= 4 is 0 Å². The zero-order chi connectivity index (χ0) is 9.97. The van der Waals surface area contributed by atoms with Crippen LogP contribution in [0.25, 0.3) is 0 Å². The van der Waals surface area contributed by atoms with Crippen molar-refractivity contribution in [1.82, 2.24) is 5.32 Å². The molecule has 0 spiro atoms. The molecule has 0 radical (unpaired) electrons. The lowest BCUT2D eigenvalue weighted by Gasteiger charge is -2.26. The van der Waals surface area contributed by atoms with Crippen LogP contribution in [-0.4, -0.2) is 18.3 Å². The molecule has 1 aliphatic rings. The van der Waals surface area contributed by atoms with Crippen molar-refractivity contribution in [3.8, 4) is 0 Å². The van der Waals surface area contributed by atoms with Gasteiger partial charge in [0, 0.05) is 19.7 Å². The molecule has 1 aromatic rings. The Morgan fingerprint density at radius 2 is 2.36 bits per heavy atom. The molecule has 0 amide bonds. The molecule has 1 aromatic carbocycles. The van der Waals surface area contributed by atoms with Gasteiger partial charge in [0.1, 0.15) is 0 Å². The van der Waals surface area contributed by atoms with E-state index in [0.717, 1.165) is 19.5 Å². The fraction of sp³-hybridized carbons (Fsp3) is 0.500. The van der Waals surface area contributed by atoms with E-state index >= 15 is 0 Å². The summed E-state index contributed by atoms with van der Waals surface area (Å²) in [5.74, 6) is 0.490. The molecule has 0 bridgehead atoms. The Balaban J connectivity index is 2.30. The summed E-state index contributed by atoms with van der Waals surface area (Å²) in [6.07, 6.45) is 0.864. The Morgan fingerprint density at radius 3 is 3.14 bits per heavy atom. The van der Waals surface area contributed by atoms with E-state index in [1.165, 1.54) is 16.7 Å². The average Bonchev–Trinajstić information content (AvgIpc) is 2.18. The molecule has 2 rings (SSSR count). The minimum Gasteiger partial charge on any atom is -0.396 e. The zero-order valence-electron chi connectivity index (χ0n) is 8.59. The van der Waals surface area contributed by atoms with E-state index in [0.29, 0.717) is 5.92 Å². The minimum absolute atomic E-state index is 0.277. The highest BCUT2D eigenvalue weighted by molar-refractivity contribution is 5.35. The molecule has 1 aliphatic heterocycles. The highest BCUT2D eigenvalue weighted by Crippen LogP contribution is 2.26. The average molecular weight is 191 g/mol. The number of rotatable bonds is 2. The Hall–Kier alpha value is -0.860. The maximum Gasteiger partial charge on any atom is 0.0437 e. The van der Waals surface area contributed by atoms with Gasteiger partial charge in [-0.3, -0.25) is 0 Å². The number of aliphatic hydroxyl groups is 1. The van der Waals surface area contributed by atoms with Crippen molar-refractivity contribution in [1.29, 1.82) is 0 Å². The van der Waals surface area contributed by atoms with Crippen molar-refractivity contribution in [2.75, 3.05) is 13.2 Å². The van der Waals surface area contributed by atoms with Gasteiger partial charge >= 0.3 is 0 Å². The fourth-order valence-corrected chi connectivity index (χ4v) is 2.19. The number of benzene rings is 1. The van der Waals surface area contributed by atoms with Crippen molar-refractivity contribution < 1.29 is 5.11 Å². The van der Waals surface area contributed by atoms with Gasteiger partial charge < -0.3 is 10.4 Å². The predicted molar refractivity (Wildman–Crippen MR) is 57.3 cm³/mol. The van der Waals surface area contributed by atoms with Crippen molar-refractivity contribution in [3.05, 3.63) is 34.9 Å². The first-order valence-corrected chi connectivity index (χ1v) is 5.22. The number of aliphatic hydroxyl groups excluding tert-OH is 1. The summed E-state index contributed by atoms with van der Waals surface area (Å²) in [5.41, 5.74) is 4.13. The first-order chi connectivity index (χ1) is 6.81. The van der Waals surface area contributed by atoms with Gasteiger partial charge in [-0.05, 0) is 30.4 Å². The Labute approximate surface area is 85.0 Å². The summed E-state index contributed by atoms with van der Waals surface area (Å²) < 4.78 is 0. The molecule has 0 saturated heterocycles. The normalized spacial score (nSPS) is 20.6. The largest absolute Gasteiger partial charge is 0.396 e. The number of nitrogens with one attached hydrogen (secondary N) is 1. The van der Waals surface area contributed by atoms with Gasteiger partial charge in [-0.15, -0.1) is 0 Å². The van der Waals surface area contributed by atoms with Crippen molar-refractivity contribution in [2.24, 2.45) is 0 Å². The minimum atomic E-state index is 0.277. The summed E-state index contributed by atoms with van der Waals surface area (Å²) in [5, 5.41) is 12.4. The SMILES string of the molecule is Cc1ccc2c(c1)CNCC2CCO. The number of fused-ring (bicyclic) bond motifs is 1. The van der Waals surface area contributed by atoms with Crippen LogP contribution in [0.3, 0.4) is 0 Å². The molecule has 14 heavy (non-hydrogen) atoms. The fourth-order valence-electron chi connectivity index (χ4n) is 2.19. The molecule has 1 unspecified atom stereocenters. The Morgan fingerprint density at radius 1 is 1.50 bits per heavy atom. The summed E-state index contributed by atoms with van der Waals surface area (Å²) >= 11 is 0. The van der Waals surface area contributed by atoms with Gasteiger partial charge in [0.15, 0.2) is 0 Å². The van der Waals surface area contributed by atoms with Gasteiger partial charge in [0.05, 0.1) is 0 Å². The number of aryl methyl sites for hydroxylation is 1. The molecular weight excluding hydrogens is 174 g/mol. The number of hydrogen-bond donors (Lipinski definition) is 2. The van der Waals surface area contributed by atoms with Gasteiger partial charge in [0.25, 0.3) is 0 Å². The lowest BCUT2D eigenvalue weighted by Crippen LogP contribution is -2.28. The van der Waals surface area contributed by atoms with E-state index in [2.05, 4.69) is 30.4 Å². The molecular formula is C12H17NO. The second-order valence-electron chi connectivity index (χ2n) is 4.04. The molecule has 2 N–H and O–H groups in total. The van der Waals surface area contributed by atoms with Crippen LogP contribution in [0.5, 0.6) is 0 Å². The third kappa shape index (κ3) is 1.81. The monoisotopic (exact) mass is 191 g/mol. The molecule has 2 heteroatoms. The molecule has 0 aromatic heterocycles. The predicted octanol–water partition coefficient (Wildman–Crippen LogP) is 1.56. The molecule has 1 atom stereocenters. The summed E-state index contributed by atoms with van der Waals surface area (Å²) in [4.78, 5) is 0. The second-order valence-corrected chi connectivity index (χ2v) is 4.04. The zero-order valence-corrected chi connectivity index (χ0v) is 8.59. The highest BCUT2D eigenvalue weighted by atomic mass is 16.3. The van der Waals surface area contributed by atoms with Crippen LogP contribution in [0.2, 0.25) is 0 Å². The van der Waals surface area contributed by atoms with E-state index in [1.807, 2.05) is 0 Å². The molecule has 0 fully saturated rings. The van der Waals surface area contributed by atoms with Crippen LogP contribution in [0, 0.1) is 6.92 Å². The van der Waals surface area contributed by atoms with E-state index in [-0.39, 0.29) is 6.61 Å². The van der Waals surface area contributed by atoms with Gasteiger partial charge in [-0.2, -0.15) is 0 Å². The Bertz CT molecular complexity index is 322. The van der Waals surface area contributed by atoms with Gasteiger partial charge in [-0.1, -0.05) is 23.8 Å². The summed E-state index contributed by atoms with van der Waals surface area (Å²) in [6, 6.07) is 6.62. The third-order valence-electron chi connectivity index (χ3n) is 2.92. The lowest BCUT2D eigenvalue weighted by atomic mass is 9.88. The molecule has 1 heterocycles. The molecule has 2 nitrogen and oxygen atoms in total. The second kappa shape index (κ2) is 4.11. The van der Waals surface area contributed by atoms with Crippen LogP contribution in [-0.2, 0) is 6.54 Å². The molecule has 0 aliphatic carbocycles. The van der Waals surface area contributed by atoms with E-state index in [4.69, 9.17) is 5.11 Å². The highest BCUT2D eigenvalue weighted by Gasteiger charge is 2.18. The van der Waals surface area contributed by atoms with Gasteiger partial charge in [0.2, 0.25) is 0 Å². The maximum atomic E-state index is 8.97. The van der Waals surface area contributed by atoms with Crippen molar-refractivity contribution in [3.63, 3.8) is 0 Å².